The monoisotopic (exact) mass is 930 g/mol. The number of carboxylic acid groups (broad SMARTS) is 1. The van der Waals surface area contributed by atoms with Crippen molar-refractivity contribution in [1.82, 2.24) is 9.47 Å². The van der Waals surface area contributed by atoms with Crippen molar-refractivity contribution in [3.05, 3.63) is 107 Å². The van der Waals surface area contributed by atoms with Crippen molar-refractivity contribution in [1.29, 1.82) is 0 Å². The molecule has 0 unspecified atom stereocenters. The average Bonchev–Trinajstić information content (AvgIpc) is 3.59. The number of sulfone groups is 1. The first kappa shape index (κ1) is 46.9. The number of nitrogens with zero attached hydrogens (tertiary/aromatic N) is 4. The predicted octanol–water partition coefficient (Wildman–Crippen LogP) is 8.63. The van der Waals surface area contributed by atoms with Crippen molar-refractivity contribution in [2.75, 3.05) is 71.9 Å². The van der Waals surface area contributed by atoms with E-state index in [9.17, 15) is 31.8 Å². The van der Waals surface area contributed by atoms with Crippen LogP contribution in [0.15, 0.2) is 101 Å². The molecule has 16 heteroatoms. The van der Waals surface area contributed by atoms with Crippen LogP contribution in [0.2, 0.25) is 5.02 Å². The lowest BCUT2D eigenvalue weighted by molar-refractivity contribution is 0.0696. The second-order valence-corrected chi connectivity index (χ2v) is 21.3. The Labute approximate surface area is 382 Å². The molecule has 13 nitrogen and oxygen atoms in total. The normalized spacial score (nSPS) is 16.0. The van der Waals surface area contributed by atoms with E-state index in [1.54, 1.807) is 12.1 Å². The highest BCUT2D eigenvalue weighted by atomic mass is 35.5. The summed E-state index contributed by atoms with van der Waals surface area (Å²) in [5.74, 6) is -0.980. The predicted molar refractivity (Wildman–Crippen MR) is 258 cm³/mol. The summed E-state index contributed by atoms with van der Waals surface area (Å²) in [4.78, 5) is 19.4. The summed E-state index contributed by atoms with van der Waals surface area (Å²) in [5, 5.41) is 24.3. The Balaban J connectivity index is 1.02. The Bertz CT molecular complexity index is 2670. The molecule has 1 atom stereocenters. The maximum atomic E-state index is 13.6. The van der Waals surface area contributed by atoms with Crippen LogP contribution in [0.3, 0.4) is 0 Å². The van der Waals surface area contributed by atoms with Gasteiger partial charge in [0.25, 0.3) is 10.0 Å². The molecule has 2 fully saturated rings. The molecule has 4 aromatic carbocycles. The van der Waals surface area contributed by atoms with Gasteiger partial charge in [-0.25, -0.2) is 21.6 Å². The molecule has 342 valence electrons. The second-order valence-electron chi connectivity index (χ2n) is 17.2. The molecular weight excluding hydrogens is 872 g/mol. The van der Waals surface area contributed by atoms with Gasteiger partial charge >= 0.3 is 5.97 Å². The van der Waals surface area contributed by atoms with Crippen molar-refractivity contribution in [3.8, 4) is 22.4 Å². The fourth-order valence-electron chi connectivity index (χ4n) is 9.00. The zero-order chi connectivity index (χ0) is 45.9. The highest BCUT2D eigenvalue weighted by Crippen LogP contribution is 2.42. The van der Waals surface area contributed by atoms with Crippen LogP contribution in [0.4, 0.5) is 22.7 Å². The van der Waals surface area contributed by atoms with E-state index < -0.39 is 25.8 Å². The molecule has 0 aliphatic carbocycles. The van der Waals surface area contributed by atoms with Crippen LogP contribution in [-0.4, -0.2) is 107 Å². The van der Waals surface area contributed by atoms with E-state index in [0.717, 1.165) is 79.8 Å². The average molecular weight is 932 g/mol. The van der Waals surface area contributed by atoms with Gasteiger partial charge in [-0.2, -0.15) is 0 Å². The molecule has 2 aliphatic rings. The minimum absolute atomic E-state index is 0.00979. The highest BCUT2D eigenvalue weighted by molar-refractivity contribution is 7.93. The standard InChI is InChI=1S/C48H59ClN6O7S2/c1-6-37(20-23-52-24-21-41(56)22-25-52)50-43-19-18-42(31-44(43)63(5,59)60)64(61,62)51-38-14-16-39(17-15-38)53-26-28-54(29-27-53)40-9-7-8-35(30-40)46-45(48(57)58)33(4)55(32(2)3)47(46)34-10-12-36(49)13-11-34/h7-19,30-32,37,41,50-51,56H,6,20-29H2,1-5H3,(H,57,58)/t37-/m0/s1. The fraction of sp³-hybridized carbons (Fsp3) is 0.396. The third-order valence-electron chi connectivity index (χ3n) is 12.4. The Kier molecular flexibility index (Phi) is 14.4. The number of hydrogen-bond acceptors (Lipinski definition) is 10. The molecule has 0 spiro atoms. The van der Waals surface area contributed by atoms with Crippen molar-refractivity contribution < 1.29 is 31.8 Å². The summed E-state index contributed by atoms with van der Waals surface area (Å²) in [6.07, 6.45) is 3.84. The number of anilines is 4. The number of carboxylic acids is 1. The molecule has 0 radical (unpaired) electrons. The lowest BCUT2D eigenvalue weighted by atomic mass is 9.96. The minimum atomic E-state index is -4.14. The van der Waals surface area contributed by atoms with Gasteiger partial charge in [-0.15, -0.1) is 0 Å². The Morgan fingerprint density at radius 3 is 2.06 bits per heavy atom. The van der Waals surface area contributed by atoms with Crippen molar-refractivity contribution in [2.45, 2.75) is 81.4 Å². The first-order chi connectivity index (χ1) is 30.4. The number of nitrogens with one attached hydrogen (secondary N) is 2. The topological polar surface area (TPSA) is 165 Å². The zero-order valence-electron chi connectivity index (χ0n) is 37.1. The Morgan fingerprint density at radius 2 is 1.47 bits per heavy atom. The molecule has 0 bridgehead atoms. The number of halogens is 1. The number of aromatic nitrogens is 1. The van der Waals surface area contributed by atoms with Gasteiger partial charge in [0, 0.05) is 97.5 Å². The van der Waals surface area contributed by atoms with Crippen LogP contribution in [0.1, 0.15) is 68.5 Å². The number of piperazine rings is 1. The number of likely N-dealkylation sites (tertiary alicyclic amines) is 1. The van der Waals surface area contributed by atoms with E-state index in [-0.39, 0.29) is 33.5 Å². The van der Waals surface area contributed by atoms with Crippen molar-refractivity contribution >= 4 is 60.2 Å². The number of rotatable bonds is 16. The van der Waals surface area contributed by atoms with Crippen LogP contribution >= 0.6 is 11.6 Å². The van der Waals surface area contributed by atoms with Gasteiger partial charge in [0.05, 0.1) is 32.8 Å². The lowest BCUT2D eigenvalue weighted by Crippen LogP contribution is -2.46. The molecule has 2 aliphatic heterocycles. The number of sulfonamides is 1. The smallest absolute Gasteiger partial charge is 0.338 e. The summed E-state index contributed by atoms with van der Waals surface area (Å²) < 4.78 is 58.0. The lowest BCUT2D eigenvalue weighted by Gasteiger charge is -2.37. The molecule has 2 saturated heterocycles. The largest absolute Gasteiger partial charge is 0.478 e. The van der Waals surface area contributed by atoms with E-state index in [0.29, 0.717) is 53.8 Å². The van der Waals surface area contributed by atoms with Gasteiger partial charge in [-0.05, 0) is 124 Å². The summed E-state index contributed by atoms with van der Waals surface area (Å²) in [7, 11) is -7.93. The van der Waals surface area contributed by atoms with E-state index in [2.05, 4.69) is 49.2 Å². The molecular formula is C48H59ClN6O7S2. The number of aliphatic hydroxyl groups excluding tert-OH is 1. The second kappa shape index (κ2) is 19.6. The van der Waals surface area contributed by atoms with E-state index in [1.807, 2.05) is 68.4 Å². The van der Waals surface area contributed by atoms with Gasteiger partial charge in [0.1, 0.15) is 0 Å². The third-order valence-corrected chi connectivity index (χ3v) is 15.2. The minimum Gasteiger partial charge on any atom is -0.478 e. The Hall–Kier alpha value is -5.06. The molecule has 5 aromatic rings. The number of aliphatic hydroxyl groups is 1. The molecule has 0 saturated carbocycles. The summed E-state index contributed by atoms with van der Waals surface area (Å²) in [6, 6.07) is 26.8. The van der Waals surface area contributed by atoms with E-state index in [1.165, 1.54) is 18.2 Å². The molecule has 0 amide bonds. The van der Waals surface area contributed by atoms with Gasteiger partial charge in [-0.3, -0.25) is 4.72 Å². The number of hydrogen-bond donors (Lipinski definition) is 4. The van der Waals surface area contributed by atoms with Crippen LogP contribution in [0.25, 0.3) is 22.4 Å². The summed E-state index contributed by atoms with van der Waals surface area (Å²) >= 11 is 6.25. The van der Waals surface area contributed by atoms with Crippen LogP contribution in [0.5, 0.6) is 0 Å². The molecule has 4 N–H and O–H groups in total. The molecule has 7 rings (SSSR count). The van der Waals surface area contributed by atoms with Crippen LogP contribution in [0, 0.1) is 6.92 Å². The number of carbonyl (C=O) groups is 1. The van der Waals surface area contributed by atoms with Crippen LogP contribution < -0.4 is 19.8 Å². The number of aromatic carboxylic acids is 1. The quantitative estimate of drug-likeness (QED) is 0.0749. The van der Waals surface area contributed by atoms with Gasteiger partial charge in [-0.1, -0.05) is 42.8 Å². The fourth-order valence-corrected chi connectivity index (χ4v) is 11.2. The summed E-state index contributed by atoms with van der Waals surface area (Å²) in [6.45, 7) is 13.3. The first-order valence-electron chi connectivity index (χ1n) is 21.9. The number of benzene rings is 4. The van der Waals surface area contributed by atoms with E-state index >= 15 is 0 Å². The van der Waals surface area contributed by atoms with Gasteiger partial charge in [0.2, 0.25) is 0 Å². The zero-order valence-corrected chi connectivity index (χ0v) is 39.5. The molecule has 64 heavy (non-hydrogen) atoms. The maximum Gasteiger partial charge on any atom is 0.338 e. The highest BCUT2D eigenvalue weighted by Gasteiger charge is 2.29. The SMILES string of the molecule is CC[C@@H](CCN1CCC(O)CC1)Nc1ccc(S(=O)(=O)Nc2ccc(N3CCN(c4cccc(-c5c(C(=O)O)c(C)n(C(C)C)c5-c5ccc(Cl)cc5)c4)CC3)cc2)cc1S(C)(=O)=O. The van der Waals surface area contributed by atoms with E-state index in [4.69, 9.17) is 11.6 Å². The van der Waals surface area contributed by atoms with Gasteiger partial charge in [0.15, 0.2) is 9.84 Å². The number of piperidine rings is 1. The van der Waals surface area contributed by atoms with Crippen molar-refractivity contribution in [3.63, 3.8) is 0 Å². The van der Waals surface area contributed by atoms with Crippen molar-refractivity contribution in [2.24, 2.45) is 0 Å². The summed E-state index contributed by atoms with van der Waals surface area (Å²) in [5.41, 5.74) is 6.79. The molecule has 3 heterocycles. The first-order valence-corrected chi connectivity index (χ1v) is 25.7. The molecule has 1 aromatic heterocycles. The third kappa shape index (κ3) is 10.6. The van der Waals surface area contributed by atoms with Gasteiger partial charge < -0.3 is 34.8 Å². The van der Waals surface area contributed by atoms with Crippen LogP contribution in [-0.2, 0) is 19.9 Å². The Morgan fingerprint density at radius 1 is 0.828 bits per heavy atom. The maximum absolute atomic E-state index is 13.6.